The molecule has 0 spiro atoms. The summed E-state index contributed by atoms with van der Waals surface area (Å²) in [5.74, 6) is -0.143. The molecule has 2 aromatic carbocycles. The van der Waals surface area contributed by atoms with Crippen LogP contribution in [0.4, 0.5) is 0 Å². The number of carbonyl (C=O) groups excluding carboxylic acids is 1. The van der Waals surface area contributed by atoms with Crippen LogP contribution in [0, 0.1) is 5.92 Å². The summed E-state index contributed by atoms with van der Waals surface area (Å²) in [6, 6.07) is 7.48. The minimum atomic E-state index is -0.382. The van der Waals surface area contributed by atoms with Gasteiger partial charge in [-0.05, 0) is 30.0 Å². The second-order valence-electron chi connectivity index (χ2n) is 7.54. The number of hydrogen-bond acceptors (Lipinski definition) is 6. The quantitative estimate of drug-likeness (QED) is 0.519. The molecule has 4 rings (SSSR count). The zero-order valence-corrected chi connectivity index (χ0v) is 15.6. The Bertz CT molecular complexity index is 1120. The summed E-state index contributed by atoms with van der Waals surface area (Å²) in [4.78, 5) is 25.1. The van der Waals surface area contributed by atoms with Crippen molar-refractivity contribution in [3.05, 3.63) is 52.4 Å². The highest BCUT2D eigenvalue weighted by atomic mass is 16.5. The standard InChI is InChI=1S/C22H20O6/c1-11(2)7-13-8-18(25)28-17-9-16(24)20-21(26)15(10-27-22(20)19(13)17)12-3-5-14(23)6-4-12/h3-6,9-11,13,23-24H,7-8H2,1-2H3/t13-/m0/s1. The van der Waals surface area contributed by atoms with Crippen molar-refractivity contribution in [3.63, 3.8) is 0 Å². The van der Waals surface area contributed by atoms with Gasteiger partial charge < -0.3 is 19.4 Å². The number of benzene rings is 2. The monoisotopic (exact) mass is 380 g/mol. The first-order chi connectivity index (χ1) is 13.3. The van der Waals surface area contributed by atoms with Crippen LogP contribution in [-0.4, -0.2) is 16.2 Å². The van der Waals surface area contributed by atoms with Crippen LogP contribution in [0.15, 0.2) is 45.8 Å². The molecule has 6 nitrogen and oxygen atoms in total. The SMILES string of the molecule is CC(C)C[C@H]1CC(=O)Oc2cc(O)c3c(=O)c(-c4ccc(O)cc4)coc3c21. The van der Waals surface area contributed by atoms with Crippen LogP contribution in [0.2, 0.25) is 0 Å². The van der Waals surface area contributed by atoms with Gasteiger partial charge in [-0.15, -0.1) is 0 Å². The van der Waals surface area contributed by atoms with Crippen LogP contribution in [0.25, 0.3) is 22.1 Å². The van der Waals surface area contributed by atoms with Crippen molar-refractivity contribution in [1.29, 1.82) is 0 Å². The second kappa shape index (κ2) is 6.71. The van der Waals surface area contributed by atoms with Crippen molar-refractivity contribution in [1.82, 2.24) is 0 Å². The Morgan fingerprint density at radius 1 is 1.14 bits per heavy atom. The van der Waals surface area contributed by atoms with Crippen LogP contribution in [0.3, 0.4) is 0 Å². The molecule has 1 aliphatic rings. The average molecular weight is 380 g/mol. The van der Waals surface area contributed by atoms with Gasteiger partial charge in [-0.25, -0.2) is 0 Å². The summed E-state index contributed by atoms with van der Waals surface area (Å²) in [7, 11) is 0. The number of aromatic hydroxyl groups is 2. The maximum Gasteiger partial charge on any atom is 0.311 e. The first kappa shape index (κ1) is 18.1. The van der Waals surface area contributed by atoms with E-state index >= 15 is 0 Å². The van der Waals surface area contributed by atoms with Gasteiger partial charge in [0, 0.05) is 17.5 Å². The highest BCUT2D eigenvalue weighted by Gasteiger charge is 2.32. The third-order valence-electron chi connectivity index (χ3n) is 5.01. The molecular formula is C22H20O6. The van der Waals surface area contributed by atoms with E-state index in [0.717, 1.165) is 6.42 Å². The van der Waals surface area contributed by atoms with Crippen molar-refractivity contribution in [2.75, 3.05) is 0 Å². The predicted octanol–water partition coefficient (Wildman–Crippen LogP) is 4.31. The third-order valence-corrected chi connectivity index (χ3v) is 5.01. The Balaban J connectivity index is 1.97. The smallest absolute Gasteiger partial charge is 0.311 e. The summed E-state index contributed by atoms with van der Waals surface area (Å²) in [5, 5.41) is 20.0. The van der Waals surface area contributed by atoms with E-state index in [0.29, 0.717) is 17.0 Å². The maximum atomic E-state index is 13.1. The molecule has 1 aliphatic heterocycles. The van der Waals surface area contributed by atoms with Gasteiger partial charge in [0.15, 0.2) is 0 Å². The molecule has 144 valence electrons. The first-order valence-corrected chi connectivity index (χ1v) is 9.16. The summed E-state index contributed by atoms with van der Waals surface area (Å²) in [5.41, 5.74) is 1.36. The Hall–Kier alpha value is -3.28. The minimum Gasteiger partial charge on any atom is -0.508 e. The van der Waals surface area contributed by atoms with Gasteiger partial charge >= 0.3 is 5.97 Å². The summed E-state index contributed by atoms with van der Waals surface area (Å²) >= 11 is 0. The molecule has 0 saturated carbocycles. The fourth-order valence-corrected chi connectivity index (χ4v) is 3.83. The van der Waals surface area contributed by atoms with Gasteiger partial charge in [-0.2, -0.15) is 0 Å². The predicted molar refractivity (Wildman–Crippen MR) is 104 cm³/mol. The van der Waals surface area contributed by atoms with Crippen LogP contribution in [0.1, 0.15) is 38.2 Å². The zero-order chi connectivity index (χ0) is 20.0. The Morgan fingerprint density at radius 3 is 2.54 bits per heavy atom. The Labute approximate surface area is 161 Å². The van der Waals surface area contributed by atoms with Crippen LogP contribution in [-0.2, 0) is 4.79 Å². The van der Waals surface area contributed by atoms with E-state index in [2.05, 4.69) is 13.8 Å². The summed E-state index contributed by atoms with van der Waals surface area (Å²) in [6.07, 6.45) is 2.28. The fourth-order valence-electron chi connectivity index (χ4n) is 3.83. The van der Waals surface area contributed by atoms with E-state index in [1.54, 1.807) is 12.1 Å². The van der Waals surface area contributed by atoms with Crippen LogP contribution >= 0.6 is 0 Å². The van der Waals surface area contributed by atoms with Gasteiger partial charge in [0.25, 0.3) is 0 Å². The molecule has 0 saturated heterocycles. The highest BCUT2D eigenvalue weighted by molar-refractivity contribution is 5.93. The Kier molecular flexibility index (Phi) is 4.34. The molecule has 3 aromatic rings. The lowest BCUT2D eigenvalue weighted by atomic mass is 9.84. The van der Waals surface area contributed by atoms with Crippen LogP contribution < -0.4 is 10.2 Å². The third kappa shape index (κ3) is 3.01. The molecule has 0 bridgehead atoms. The molecule has 1 atom stereocenters. The zero-order valence-electron chi connectivity index (χ0n) is 15.6. The number of hydrogen-bond donors (Lipinski definition) is 2. The number of ether oxygens (including phenoxy) is 1. The molecule has 0 amide bonds. The first-order valence-electron chi connectivity index (χ1n) is 9.16. The topological polar surface area (TPSA) is 97.0 Å². The number of phenolic OH excluding ortho intramolecular Hbond substituents is 2. The normalized spacial score (nSPS) is 16.2. The molecule has 0 radical (unpaired) electrons. The molecule has 0 fully saturated rings. The van der Waals surface area contributed by atoms with E-state index in [-0.39, 0.29) is 57.5 Å². The Morgan fingerprint density at radius 2 is 1.86 bits per heavy atom. The molecule has 6 heteroatoms. The van der Waals surface area contributed by atoms with Crippen molar-refractivity contribution in [2.24, 2.45) is 5.92 Å². The number of rotatable bonds is 3. The number of carbonyl (C=O) groups is 1. The van der Waals surface area contributed by atoms with Crippen molar-refractivity contribution in [3.8, 4) is 28.4 Å². The van der Waals surface area contributed by atoms with E-state index in [1.807, 2.05) is 0 Å². The van der Waals surface area contributed by atoms with E-state index in [1.165, 1.54) is 24.5 Å². The van der Waals surface area contributed by atoms with Crippen molar-refractivity contribution >= 4 is 16.9 Å². The largest absolute Gasteiger partial charge is 0.508 e. The molecule has 0 aliphatic carbocycles. The van der Waals surface area contributed by atoms with Gasteiger partial charge in [0.2, 0.25) is 5.43 Å². The maximum absolute atomic E-state index is 13.1. The van der Waals surface area contributed by atoms with Gasteiger partial charge in [-0.1, -0.05) is 26.0 Å². The number of esters is 1. The summed E-state index contributed by atoms with van der Waals surface area (Å²) < 4.78 is 11.1. The molecule has 28 heavy (non-hydrogen) atoms. The second-order valence-corrected chi connectivity index (χ2v) is 7.54. The molecular weight excluding hydrogens is 360 g/mol. The average Bonchev–Trinajstić information content (AvgIpc) is 2.61. The molecule has 2 N–H and O–H groups in total. The van der Waals surface area contributed by atoms with E-state index in [9.17, 15) is 19.8 Å². The highest BCUT2D eigenvalue weighted by Crippen LogP contribution is 2.45. The lowest BCUT2D eigenvalue weighted by Gasteiger charge is -2.26. The number of fused-ring (bicyclic) bond motifs is 3. The van der Waals surface area contributed by atoms with E-state index < -0.39 is 0 Å². The van der Waals surface area contributed by atoms with Gasteiger partial charge in [-0.3, -0.25) is 9.59 Å². The lowest BCUT2D eigenvalue weighted by Crippen LogP contribution is -2.22. The minimum absolute atomic E-state index is 0.0658. The number of phenols is 2. The molecule has 0 unspecified atom stereocenters. The summed E-state index contributed by atoms with van der Waals surface area (Å²) in [6.45, 7) is 4.11. The van der Waals surface area contributed by atoms with Crippen LogP contribution in [0.5, 0.6) is 17.2 Å². The fraction of sp³-hybridized carbons (Fsp3) is 0.273. The van der Waals surface area contributed by atoms with Gasteiger partial charge in [0.05, 0.1) is 12.0 Å². The lowest BCUT2D eigenvalue weighted by molar-refractivity contribution is -0.136. The molecule has 2 heterocycles. The van der Waals surface area contributed by atoms with Crippen molar-refractivity contribution in [2.45, 2.75) is 32.6 Å². The van der Waals surface area contributed by atoms with Gasteiger partial charge in [0.1, 0.15) is 34.5 Å². The molecule has 1 aromatic heterocycles. The van der Waals surface area contributed by atoms with E-state index in [4.69, 9.17) is 9.15 Å². The van der Waals surface area contributed by atoms with Crippen molar-refractivity contribution < 1.29 is 24.2 Å².